The molecule has 0 amide bonds. The van der Waals surface area contributed by atoms with Gasteiger partial charge in [0.1, 0.15) is 0 Å². The van der Waals surface area contributed by atoms with Crippen LogP contribution in [0.3, 0.4) is 0 Å². The fourth-order valence-electron chi connectivity index (χ4n) is 0.486. The maximum atomic E-state index is 12.2. The van der Waals surface area contributed by atoms with Crippen LogP contribution in [-0.2, 0) is 0 Å². The molecule has 0 unspecified atom stereocenters. The summed E-state index contributed by atoms with van der Waals surface area (Å²) >= 11 is 0. The zero-order valence-electron chi connectivity index (χ0n) is 6.96. The molecule has 3 N–H and O–H groups in total. The molecule has 0 radical (unpaired) electrons. The van der Waals surface area contributed by atoms with Crippen LogP contribution < -0.4 is 11.1 Å². The fourth-order valence-corrected chi connectivity index (χ4v) is 0.486. The Morgan fingerprint density at radius 2 is 1.69 bits per heavy atom. The third-order valence-corrected chi connectivity index (χ3v) is 1.44. The zero-order valence-corrected chi connectivity index (χ0v) is 6.96. The molecule has 0 fully saturated rings. The molecular weight excluding hydrogens is 195 g/mol. The van der Waals surface area contributed by atoms with Gasteiger partial charge < -0.3 is 11.1 Å². The molecule has 0 aliphatic rings. The lowest BCUT2D eigenvalue weighted by Gasteiger charge is -2.21. The highest BCUT2D eigenvalue weighted by molar-refractivity contribution is 4.79. The van der Waals surface area contributed by atoms with Gasteiger partial charge in [0.05, 0.1) is 6.54 Å². The van der Waals surface area contributed by atoms with Gasteiger partial charge in [-0.1, -0.05) is 0 Å². The van der Waals surface area contributed by atoms with Gasteiger partial charge in [0.2, 0.25) is 0 Å². The van der Waals surface area contributed by atoms with Crippen molar-refractivity contribution < 1.29 is 22.0 Å². The molecule has 0 heterocycles. The molecule has 7 heteroatoms. The molecule has 1 atom stereocenters. The second-order valence-corrected chi connectivity index (χ2v) is 2.72. The normalized spacial score (nSPS) is 15.9. The lowest BCUT2D eigenvalue weighted by Crippen LogP contribution is -2.48. The van der Waals surface area contributed by atoms with Crippen LogP contribution in [0.4, 0.5) is 22.0 Å². The van der Waals surface area contributed by atoms with Crippen LogP contribution in [0.25, 0.3) is 0 Å². The van der Waals surface area contributed by atoms with Crippen molar-refractivity contribution in [2.24, 2.45) is 5.73 Å². The summed E-state index contributed by atoms with van der Waals surface area (Å²) in [7, 11) is 0. The molecule has 0 aromatic rings. The van der Waals surface area contributed by atoms with Crippen molar-refractivity contribution in [3.05, 3.63) is 0 Å². The van der Waals surface area contributed by atoms with Crippen LogP contribution >= 0.6 is 0 Å². The van der Waals surface area contributed by atoms with E-state index in [-0.39, 0.29) is 6.54 Å². The molecule has 0 aliphatic heterocycles. The van der Waals surface area contributed by atoms with Gasteiger partial charge in [0.15, 0.2) is 0 Å². The lowest BCUT2D eigenvalue weighted by molar-refractivity contribution is -0.279. The second kappa shape index (κ2) is 4.19. The molecule has 0 saturated heterocycles. The first-order valence-electron chi connectivity index (χ1n) is 3.58. The molecule has 0 aromatic heterocycles. The number of hydrogen-bond donors (Lipinski definition) is 2. The zero-order chi connectivity index (χ0) is 10.7. The van der Waals surface area contributed by atoms with Crippen LogP contribution in [0.1, 0.15) is 6.92 Å². The van der Waals surface area contributed by atoms with E-state index < -0.39 is 24.7 Å². The minimum absolute atomic E-state index is 0.00787. The highest BCUT2D eigenvalue weighted by atomic mass is 19.4. The van der Waals surface area contributed by atoms with Crippen LogP contribution in [0.2, 0.25) is 0 Å². The van der Waals surface area contributed by atoms with Crippen LogP contribution in [0, 0.1) is 0 Å². The van der Waals surface area contributed by atoms with E-state index in [0.717, 1.165) is 0 Å². The first kappa shape index (κ1) is 12.6. The number of halogens is 5. The van der Waals surface area contributed by atoms with Gasteiger partial charge in [0.25, 0.3) is 0 Å². The molecule has 0 bridgehead atoms. The lowest BCUT2D eigenvalue weighted by atomic mass is 10.3. The van der Waals surface area contributed by atoms with E-state index in [2.05, 4.69) is 0 Å². The van der Waals surface area contributed by atoms with E-state index in [1.54, 1.807) is 0 Å². The highest BCUT2D eigenvalue weighted by Gasteiger charge is 2.56. The molecule has 0 rings (SSSR count). The molecule has 0 saturated carbocycles. The van der Waals surface area contributed by atoms with Crippen LogP contribution in [-0.4, -0.2) is 31.2 Å². The standard InChI is InChI=1S/C6H11F5N2/c1-4(2-12)13-3-5(7,8)6(9,10)11/h4,13H,2-3,12H2,1H3/t4-/m0/s1. The Hall–Kier alpha value is -0.430. The van der Waals surface area contributed by atoms with Crippen molar-refractivity contribution in [2.45, 2.75) is 25.1 Å². The summed E-state index contributed by atoms with van der Waals surface area (Å²) in [5, 5.41) is 1.98. The van der Waals surface area contributed by atoms with E-state index in [1.807, 2.05) is 5.32 Å². The molecule has 0 spiro atoms. The highest BCUT2D eigenvalue weighted by Crippen LogP contribution is 2.34. The van der Waals surface area contributed by atoms with Crippen molar-refractivity contribution in [1.29, 1.82) is 0 Å². The summed E-state index contributed by atoms with van der Waals surface area (Å²) in [6.07, 6.45) is -5.51. The quantitative estimate of drug-likeness (QED) is 0.676. The van der Waals surface area contributed by atoms with Crippen molar-refractivity contribution in [3.63, 3.8) is 0 Å². The van der Waals surface area contributed by atoms with Crippen LogP contribution in [0.5, 0.6) is 0 Å². The molecule has 13 heavy (non-hydrogen) atoms. The van der Waals surface area contributed by atoms with Crippen LogP contribution in [0.15, 0.2) is 0 Å². The van der Waals surface area contributed by atoms with E-state index in [9.17, 15) is 22.0 Å². The summed E-state index contributed by atoms with van der Waals surface area (Å²) in [4.78, 5) is 0. The largest absolute Gasteiger partial charge is 0.454 e. The van der Waals surface area contributed by atoms with Gasteiger partial charge >= 0.3 is 12.1 Å². The van der Waals surface area contributed by atoms with Gasteiger partial charge in [-0.2, -0.15) is 22.0 Å². The first-order chi connectivity index (χ1) is 5.70. The molecule has 0 aliphatic carbocycles. The van der Waals surface area contributed by atoms with E-state index in [0.29, 0.717) is 0 Å². The molecule has 0 aromatic carbocycles. The topological polar surface area (TPSA) is 38.0 Å². The Morgan fingerprint density at radius 1 is 1.23 bits per heavy atom. The average molecular weight is 206 g/mol. The van der Waals surface area contributed by atoms with Gasteiger partial charge in [-0.3, -0.25) is 0 Å². The first-order valence-corrected chi connectivity index (χ1v) is 3.58. The molecule has 80 valence electrons. The Labute approximate surface area is 72.3 Å². The minimum Gasteiger partial charge on any atom is -0.329 e. The van der Waals surface area contributed by atoms with Crippen molar-refractivity contribution in [2.75, 3.05) is 13.1 Å². The predicted octanol–water partition coefficient (Wildman–Crippen LogP) is 1.12. The van der Waals surface area contributed by atoms with Gasteiger partial charge in [0, 0.05) is 12.6 Å². The summed E-state index contributed by atoms with van der Waals surface area (Å²) in [5.41, 5.74) is 5.02. The predicted molar refractivity (Wildman–Crippen MR) is 37.5 cm³/mol. The number of nitrogens with two attached hydrogens (primary N) is 1. The average Bonchev–Trinajstić information content (AvgIpc) is 1.98. The second-order valence-electron chi connectivity index (χ2n) is 2.72. The maximum Gasteiger partial charge on any atom is 0.454 e. The van der Waals surface area contributed by atoms with E-state index in [1.165, 1.54) is 6.92 Å². The minimum atomic E-state index is -5.51. The molecular formula is C6H11F5N2. The summed E-state index contributed by atoms with van der Waals surface area (Å²) in [6, 6.07) is -0.562. The number of alkyl halides is 5. The summed E-state index contributed by atoms with van der Waals surface area (Å²) in [6.45, 7) is -0.00470. The smallest absolute Gasteiger partial charge is 0.329 e. The Kier molecular flexibility index (Phi) is 4.05. The SMILES string of the molecule is C[C@@H](CN)NCC(F)(F)C(F)(F)F. The van der Waals surface area contributed by atoms with Crippen molar-refractivity contribution in [3.8, 4) is 0 Å². The van der Waals surface area contributed by atoms with Gasteiger partial charge in [-0.15, -0.1) is 0 Å². The van der Waals surface area contributed by atoms with E-state index in [4.69, 9.17) is 5.73 Å². The monoisotopic (exact) mass is 206 g/mol. The summed E-state index contributed by atoms with van der Waals surface area (Å²) < 4.78 is 59.1. The third-order valence-electron chi connectivity index (χ3n) is 1.44. The maximum absolute atomic E-state index is 12.2. The summed E-state index contributed by atoms with van der Waals surface area (Å²) in [5.74, 6) is -4.70. The third kappa shape index (κ3) is 3.86. The van der Waals surface area contributed by atoms with Crippen molar-refractivity contribution >= 4 is 0 Å². The Morgan fingerprint density at radius 3 is 2.00 bits per heavy atom. The van der Waals surface area contributed by atoms with Gasteiger partial charge in [-0.25, -0.2) is 0 Å². The fraction of sp³-hybridized carbons (Fsp3) is 1.00. The van der Waals surface area contributed by atoms with E-state index >= 15 is 0 Å². The number of nitrogens with one attached hydrogen (secondary N) is 1. The number of rotatable bonds is 4. The molecule has 2 nitrogen and oxygen atoms in total. The number of hydrogen-bond acceptors (Lipinski definition) is 2. The Bertz CT molecular complexity index is 156. The van der Waals surface area contributed by atoms with Gasteiger partial charge in [-0.05, 0) is 6.92 Å². The van der Waals surface area contributed by atoms with Crippen molar-refractivity contribution in [1.82, 2.24) is 5.32 Å². The Balaban J connectivity index is 4.04.